The van der Waals surface area contributed by atoms with Gasteiger partial charge in [0.15, 0.2) is 0 Å². The van der Waals surface area contributed by atoms with Gasteiger partial charge in [0.2, 0.25) is 0 Å². The summed E-state index contributed by atoms with van der Waals surface area (Å²) in [4.78, 5) is 24.1. The number of rotatable bonds is 1. The maximum atomic E-state index is 12.1. The van der Waals surface area contributed by atoms with Crippen molar-refractivity contribution in [1.29, 1.82) is 0 Å². The van der Waals surface area contributed by atoms with E-state index in [1.54, 1.807) is 0 Å². The van der Waals surface area contributed by atoms with Crippen LogP contribution in [0.2, 0.25) is 0 Å². The van der Waals surface area contributed by atoms with E-state index < -0.39 is 0 Å². The van der Waals surface area contributed by atoms with Crippen LogP contribution in [-0.2, 0) is 14.3 Å². The van der Waals surface area contributed by atoms with Gasteiger partial charge in [-0.05, 0) is 30.6 Å². The van der Waals surface area contributed by atoms with Crippen molar-refractivity contribution in [2.24, 2.45) is 28.6 Å². The highest BCUT2D eigenvalue weighted by Gasteiger charge is 2.75. The lowest BCUT2D eigenvalue weighted by Crippen LogP contribution is -2.42. The summed E-state index contributed by atoms with van der Waals surface area (Å²) in [5.41, 5.74) is -0.258. The average molecular weight is 222 g/mol. The molecular weight excluding hydrogens is 204 g/mol. The molecule has 3 saturated carbocycles. The number of carbonyl (C=O) groups excluding carboxylic acids is 2. The molecule has 0 amide bonds. The zero-order valence-corrected chi connectivity index (χ0v) is 10.1. The SMILES string of the molecule is COC(=O)[C@]12CC[C@@]3(C)[C@@H](C1)C(=O)[C@H](C)[C@@H]23. The summed E-state index contributed by atoms with van der Waals surface area (Å²) in [6.45, 7) is 4.19. The van der Waals surface area contributed by atoms with Crippen molar-refractivity contribution in [1.82, 2.24) is 0 Å². The van der Waals surface area contributed by atoms with Gasteiger partial charge in [0.25, 0.3) is 0 Å². The van der Waals surface area contributed by atoms with Crippen LogP contribution >= 0.6 is 0 Å². The van der Waals surface area contributed by atoms with Crippen molar-refractivity contribution >= 4 is 11.8 Å². The summed E-state index contributed by atoms with van der Waals surface area (Å²) < 4.78 is 4.99. The Balaban J connectivity index is 2.10. The molecule has 0 saturated heterocycles. The summed E-state index contributed by atoms with van der Waals surface area (Å²) in [7, 11) is 1.46. The van der Waals surface area contributed by atoms with Crippen LogP contribution < -0.4 is 0 Å². The molecule has 0 aromatic heterocycles. The molecule has 0 heterocycles. The Morgan fingerprint density at radius 3 is 2.69 bits per heavy atom. The molecule has 3 aliphatic rings. The number of esters is 1. The lowest BCUT2D eigenvalue weighted by molar-refractivity contribution is -0.158. The van der Waals surface area contributed by atoms with Gasteiger partial charge in [-0.25, -0.2) is 0 Å². The molecule has 0 unspecified atom stereocenters. The van der Waals surface area contributed by atoms with Crippen LogP contribution in [-0.4, -0.2) is 18.9 Å². The van der Waals surface area contributed by atoms with Crippen LogP contribution in [0, 0.1) is 28.6 Å². The fourth-order valence-electron chi connectivity index (χ4n) is 5.12. The van der Waals surface area contributed by atoms with Crippen LogP contribution in [0.25, 0.3) is 0 Å². The molecule has 88 valence electrons. The topological polar surface area (TPSA) is 43.4 Å². The highest BCUT2D eigenvalue weighted by molar-refractivity contribution is 5.93. The van der Waals surface area contributed by atoms with E-state index in [4.69, 9.17) is 4.74 Å². The Labute approximate surface area is 95.5 Å². The molecule has 3 aliphatic carbocycles. The smallest absolute Gasteiger partial charge is 0.312 e. The minimum atomic E-state index is -0.332. The van der Waals surface area contributed by atoms with E-state index >= 15 is 0 Å². The molecule has 4 bridgehead atoms. The third-order valence-electron chi connectivity index (χ3n) is 5.66. The van der Waals surface area contributed by atoms with Crippen molar-refractivity contribution in [2.45, 2.75) is 33.1 Å². The monoisotopic (exact) mass is 222 g/mol. The lowest BCUT2D eigenvalue weighted by atomic mass is 9.68. The Morgan fingerprint density at radius 2 is 2.12 bits per heavy atom. The number of methoxy groups -OCH3 is 1. The Hall–Kier alpha value is -0.860. The van der Waals surface area contributed by atoms with Gasteiger partial charge in [0, 0.05) is 11.8 Å². The first-order valence-corrected chi connectivity index (χ1v) is 6.09. The van der Waals surface area contributed by atoms with Crippen LogP contribution in [0.1, 0.15) is 33.1 Å². The van der Waals surface area contributed by atoms with Gasteiger partial charge in [-0.2, -0.15) is 0 Å². The molecule has 3 heteroatoms. The molecule has 3 fully saturated rings. The van der Waals surface area contributed by atoms with Gasteiger partial charge in [0.1, 0.15) is 5.78 Å². The van der Waals surface area contributed by atoms with Crippen molar-refractivity contribution in [3.63, 3.8) is 0 Å². The molecule has 0 aliphatic heterocycles. The highest BCUT2D eigenvalue weighted by atomic mass is 16.5. The second kappa shape index (κ2) is 2.69. The van der Waals surface area contributed by atoms with Gasteiger partial charge in [-0.1, -0.05) is 13.8 Å². The van der Waals surface area contributed by atoms with E-state index in [1.165, 1.54) is 7.11 Å². The van der Waals surface area contributed by atoms with Crippen molar-refractivity contribution in [2.75, 3.05) is 7.11 Å². The zero-order chi connectivity index (χ0) is 11.7. The van der Waals surface area contributed by atoms with E-state index in [-0.39, 0.29) is 34.6 Å². The van der Waals surface area contributed by atoms with Crippen molar-refractivity contribution in [3.05, 3.63) is 0 Å². The summed E-state index contributed by atoms with van der Waals surface area (Å²) in [5.74, 6) is 0.686. The molecule has 3 rings (SSSR count). The van der Waals surface area contributed by atoms with Gasteiger partial charge >= 0.3 is 5.97 Å². The normalized spacial score (nSPS) is 53.4. The number of ketones is 1. The number of hydrogen-bond donors (Lipinski definition) is 0. The third kappa shape index (κ3) is 0.802. The van der Waals surface area contributed by atoms with Crippen molar-refractivity contribution < 1.29 is 14.3 Å². The maximum Gasteiger partial charge on any atom is 0.312 e. The standard InChI is InChI=1S/C13H18O3/c1-7-9(14)8-6-13(11(15)16-3)5-4-12(8,2)10(7)13/h7-8,10H,4-6H2,1-3H3/t7-,8-,10+,12-,13+/m0/s1. The summed E-state index contributed by atoms with van der Waals surface area (Å²) >= 11 is 0. The predicted octanol–water partition coefficient (Wildman–Crippen LogP) is 1.80. The summed E-state index contributed by atoms with van der Waals surface area (Å²) in [6.07, 6.45) is 2.66. The van der Waals surface area contributed by atoms with Crippen LogP contribution in [0.4, 0.5) is 0 Å². The van der Waals surface area contributed by atoms with E-state index in [2.05, 4.69) is 6.92 Å². The quantitative estimate of drug-likeness (QED) is 0.635. The molecule has 5 atom stereocenters. The molecule has 0 spiro atoms. The first-order chi connectivity index (χ1) is 7.47. The average Bonchev–Trinajstić information content (AvgIpc) is 2.78. The first-order valence-electron chi connectivity index (χ1n) is 6.09. The molecule has 16 heavy (non-hydrogen) atoms. The first kappa shape index (κ1) is 10.3. The number of Topliss-reactive ketones (excluding diaryl/α,β-unsaturated/α-hetero) is 1. The van der Waals surface area contributed by atoms with Gasteiger partial charge < -0.3 is 4.74 Å². The number of carbonyl (C=O) groups is 2. The molecule has 0 N–H and O–H groups in total. The van der Waals surface area contributed by atoms with Gasteiger partial charge in [-0.15, -0.1) is 0 Å². The van der Waals surface area contributed by atoms with E-state index in [1.807, 2.05) is 6.92 Å². The highest BCUT2D eigenvalue weighted by Crippen LogP contribution is 2.74. The van der Waals surface area contributed by atoms with Crippen LogP contribution in [0.5, 0.6) is 0 Å². The fraction of sp³-hybridized carbons (Fsp3) is 0.846. The lowest BCUT2D eigenvalue weighted by Gasteiger charge is -2.35. The van der Waals surface area contributed by atoms with E-state index in [0.29, 0.717) is 5.78 Å². The summed E-state index contributed by atoms with van der Waals surface area (Å²) in [6, 6.07) is 0. The Kier molecular flexibility index (Phi) is 1.73. The van der Waals surface area contributed by atoms with Gasteiger partial charge in [0.05, 0.1) is 12.5 Å². The zero-order valence-electron chi connectivity index (χ0n) is 10.1. The third-order valence-corrected chi connectivity index (χ3v) is 5.66. The van der Waals surface area contributed by atoms with E-state index in [0.717, 1.165) is 19.3 Å². The predicted molar refractivity (Wildman–Crippen MR) is 57.6 cm³/mol. The van der Waals surface area contributed by atoms with Crippen LogP contribution in [0.3, 0.4) is 0 Å². The van der Waals surface area contributed by atoms with Gasteiger partial charge in [-0.3, -0.25) is 9.59 Å². The second-order valence-corrected chi connectivity index (χ2v) is 6.08. The largest absolute Gasteiger partial charge is 0.469 e. The Bertz CT molecular complexity index is 389. The fourth-order valence-corrected chi connectivity index (χ4v) is 5.12. The van der Waals surface area contributed by atoms with Crippen molar-refractivity contribution in [3.8, 4) is 0 Å². The second-order valence-electron chi connectivity index (χ2n) is 6.08. The molecular formula is C13H18O3. The Morgan fingerprint density at radius 1 is 1.44 bits per heavy atom. The number of ether oxygens (including phenoxy) is 1. The minimum Gasteiger partial charge on any atom is -0.469 e. The van der Waals surface area contributed by atoms with E-state index in [9.17, 15) is 9.59 Å². The molecule has 3 nitrogen and oxygen atoms in total. The number of hydrogen-bond acceptors (Lipinski definition) is 3. The minimum absolute atomic E-state index is 0.0466. The van der Waals surface area contributed by atoms with Crippen LogP contribution in [0.15, 0.2) is 0 Å². The summed E-state index contributed by atoms with van der Waals surface area (Å²) in [5, 5.41) is 0. The molecule has 0 aromatic rings. The molecule has 0 aromatic carbocycles. The maximum absolute atomic E-state index is 12.1. The molecule has 0 radical (unpaired) electrons.